The van der Waals surface area contributed by atoms with Gasteiger partial charge in [0, 0.05) is 12.6 Å². The first-order chi connectivity index (χ1) is 10.2. The maximum Gasteiger partial charge on any atom is 0.315 e. The van der Waals surface area contributed by atoms with Crippen LogP contribution >= 0.6 is 0 Å². The molecule has 0 unspecified atom stereocenters. The number of benzene rings is 1. The number of piperidine rings is 1. The Hall–Kier alpha value is -1.95. The van der Waals surface area contributed by atoms with Crippen LogP contribution in [0.3, 0.4) is 0 Å². The van der Waals surface area contributed by atoms with Crippen molar-refractivity contribution in [2.45, 2.75) is 25.4 Å². The largest absolute Gasteiger partial charge is 0.493 e. The van der Waals surface area contributed by atoms with Crippen LogP contribution in [0.25, 0.3) is 0 Å². The summed E-state index contributed by atoms with van der Waals surface area (Å²) < 4.78 is 10.4. The molecule has 0 saturated carbocycles. The molecule has 0 atom stereocenters. The maximum absolute atomic E-state index is 11.9. The van der Waals surface area contributed by atoms with Crippen molar-refractivity contribution in [2.75, 3.05) is 27.3 Å². The fourth-order valence-electron chi connectivity index (χ4n) is 2.38. The van der Waals surface area contributed by atoms with E-state index in [0.29, 0.717) is 18.0 Å². The Bertz CT molecular complexity index is 473. The van der Waals surface area contributed by atoms with Crippen LogP contribution < -0.4 is 25.4 Å². The van der Waals surface area contributed by atoms with Crippen LogP contribution in [0, 0.1) is 0 Å². The van der Waals surface area contributed by atoms with Crippen LogP contribution in [0.5, 0.6) is 11.5 Å². The van der Waals surface area contributed by atoms with Crippen molar-refractivity contribution in [3.05, 3.63) is 23.8 Å². The van der Waals surface area contributed by atoms with Crippen LogP contribution in [-0.4, -0.2) is 39.4 Å². The summed E-state index contributed by atoms with van der Waals surface area (Å²) in [7, 11) is 3.20. The van der Waals surface area contributed by atoms with E-state index in [1.807, 2.05) is 18.2 Å². The van der Waals surface area contributed by atoms with E-state index < -0.39 is 0 Å². The SMILES string of the molecule is COc1ccc(CNC(=O)NC2CCNCC2)cc1OC. The van der Waals surface area contributed by atoms with E-state index in [1.165, 1.54) is 0 Å². The first kappa shape index (κ1) is 15.4. The lowest BCUT2D eigenvalue weighted by Crippen LogP contribution is -2.46. The highest BCUT2D eigenvalue weighted by Crippen LogP contribution is 2.27. The van der Waals surface area contributed by atoms with E-state index in [0.717, 1.165) is 31.5 Å². The summed E-state index contributed by atoms with van der Waals surface area (Å²) in [4.78, 5) is 11.9. The van der Waals surface area contributed by atoms with Crippen LogP contribution in [-0.2, 0) is 6.54 Å². The molecule has 1 aliphatic heterocycles. The molecule has 1 aromatic carbocycles. The highest BCUT2D eigenvalue weighted by atomic mass is 16.5. The molecule has 0 radical (unpaired) electrons. The number of methoxy groups -OCH3 is 2. The van der Waals surface area contributed by atoms with Crippen molar-refractivity contribution in [1.29, 1.82) is 0 Å². The first-order valence-electron chi connectivity index (χ1n) is 7.19. The van der Waals surface area contributed by atoms with Gasteiger partial charge in [-0.05, 0) is 43.6 Å². The van der Waals surface area contributed by atoms with Gasteiger partial charge in [0.25, 0.3) is 0 Å². The minimum atomic E-state index is -0.128. The quantitative estimate of drug-likeness (QED) is 0.764. The average Bonchev–Trinajstić information content (AvgIpc) is 2.53. The van der Waals surface area contributed by atoms with E-state index in [-0.39, 0.29) is 12.1 Å². The summed E-state index contributed by atoms with van der Waals surface area (Å²) >= 11 is 0. The second-order valence-corrected chi connectivity index (χ2v) is 5.04. The van der Waals surface area contributed by atoms with Gasteiger partial charge in [0.1, 0.15) is 0 Å². The monoisotopic (exact) mass is 293 g/mol. The Morgan fingerprint density at radius 3 is 2.62 bits per heavy atom. The number of rotatable bonds is 5. The molecule has 0 spiro atoms. The summed E-state index contributed by atoms with van der Waals surface area (Å²) in [6, 6.07) is 5.74. The maximum atomic E-state index is 11.9. The Labute approximate surface area is 125 Å². The molecule has 21 heavy (non-hydrogen) atoms. The Morgan fingerprint density at radius 1 is 1.24 bits per heavy atom. The molecule has 3 N–H and O–H groups in total. The third-order valence-corrected chi connectivity index (χ3v) is 3.58. The molecule has 1 saturated heterocycles. The number of amides is 2. The highest BCUT2D eigenvalue weighted by Gasteiger charge is 2.15. The third kappa shape index (κ3) is 4.53. The molecule has 1 aromatic rings. The minimum Gasteiger partial charge on any atom is -0.493 e. The molecular weight excluding hydrogens is 270 g/mol. The molecule has 116 valence electrons. The Kier molecular flexibility index (Phi) is 5.68. The van der Waals surface area contributed by atoms with Gasteiger partial charge < -0.3 is 25.4 Å². The lowest BCUT2D eigenvalue weighted by Gasteiger charge is -2.23. The number of hydrogen-bond acceptors (Lipinski definition) is 4. The van der Waals surface area contributed by atoms with Gasteiger partial charge in [0.15, 0.2) is 11.5 Å². The lowest BCUT2D eigenvalue weighted by molar-refractivity contribution is 0.233. The van der Waals surface area contributed by atoms with Gasteiger partial charge in [-0.25, -0.2) is 4.79 Å². The molecule has 6 heteroatoms. The van der Waals surface area contributed by atoms with Crippen molar-refractivity contribution in [3.63, 3.8) is 0 Å². The Balaban J connectivity index is 1.83. The summed E-state index contributed by atoms with van der Waals surface area (Å²) in [6.07, 6.45) is 1.95. The van der Waals surface area contributed by atoms with Crippen LogP contribution in [0.15, 0.2) is 18.2 Å². The number of urea groups is 1. The van der Waals surface area contributed by atoms with Gasteiger partial charge >= 0.3 is 6.03 Å². The van der Waals surface area contributed by atoms with Crippen molar-refractivity contribution in [2.24, 2.45) is 0 Å². The van der Waals surface area contributed by atoms with Crippen LogP contribution in [0.1, 0.15) is 18.4 Å². The summed E-state index contributed by atoms with van der Waals surface area (Å²) in [5.74, 6) is 1.34. The highest BCUT2D eigenvalue weighted by molar-refractivity contribution is 5.74. The average molecular weight is 293 g/mol. The van der Waals surface area contributed by atoms with Crippen molar-refractivity contribution in [1.82, 2.24) is 16.0 Å². The van der Waals surface area contributed by atoms with Gasteiger partial charge in [0.05, 0.1) is 14.2 Å². The standard InChI is InChI=1S/C15H23N3O3/c1-20-13-4-3-11(9-14(13)21-2)10-17-15(19)18-12-5-7-16-8-6-12/h3-4,9,12,16H,5-8,10H2,1-2H3,(H2,17,18,19). The number of carbonyl (C=O) groups excluding carboxylic acids is 1. The zero-order valence-corrected chi connectivity index (χ0v) is 12.6. The Morgan fingerprint density at radius 2 is 1.95 bits per heavy atom. The van der Waals surface area contributed by atoms with Gasteiger partial charge in [-0.2, -0.15) is 0 Å². The number of hydrogen-bond donors (Lipinski definition) is 3. The molecule has 6 nitrogen and oxygen atoms in total. The van der Waals surface area contributed by atoms with Crippen molar-refractivity contribution in [3.8, 4) is 11.5 Å². The number of carbonyl (C=O) groups is 1. The molecule has 0 bridgehead atoms. The summed E-state index contributed by atoms with van der Waals surface area (Å²) in [6.45, 7) is 2.37. The van der Waals surface area contributed by atoms with E-state index >= 15 is 0 Å². The van der Waals surface area contributed by atoms with Gasteiger partial charge in [-0.15, -0.1) is 0 Å². The van der Waals surface area contributed by atoms with Gasteiger partial charge in [-0.3, -0.25) is 0 Å². The first-order valence-corrected chi connectivity index (χ1v) is 7.19. The predicted molar refractivity (Wildman–Crippen MR) is 80.8 cm³/mol. The van der Waals surface area contributed by atoms with Crippen molar-refractivity contribution < 1.29 is 14.3 Å². The second-order valence-electron chi connectivity index (χ2n) is 5.04. The van der Waals surface area contributed by atoms with E-state index in [9.17, 15) is 4.79 Å². The smallest absolute Gasteiger partial charge is 0.315 e. The zero-order chi connectivity index (χ0) is 15.1. The normalized spacial score (nSPS) is 15.3. The lowest BCUT2D eigenvalue weighted by atomic mass is 10.1. The molecule has 0 aliphatic carbocycles. The minimum absolute atomic E-state index is 0.128. The number of nitrogens with one attached hydrogen (secondary N) is 3. The van der Waals surface area contributed by atoms with Crippen LogP contribution in [0.2, 0.25) is 0 Å². The fourth-order valence-corrected chi connectivity index (χ4v) is 2.38. The summed E-state index contributed by atoms with van der Waals surface area (Å²) in [5, 5.41) is 9.13. The molecule has 2 rings (SSSR count). The molecule has 1 fully saturated rings. The molecule has 0 aromatic heterocycles. The topological polar surface area (TPSA) is 71.6 Å². The third-order valence-electron chi connectivity index (χ3n) is 3.58. The van der Waals surface area contributed by atoms with E-state index in [2.05, 4.69) is 16.0 Å². The van der Waals surface area contributed by atoms with E-state index in [1.54, 1.807) is 14.2 Å². The molecule has 1 heterocycles. The molecular formula is C15H23N3O3. The number of ether oxygens (including phenoxy) is 2. The fraction of sp³-hybridized carbons (Fsp3) is 0.533. The van der Waals surface area contributed by atoms with Gasteiger partial charge in [-0.1, -0.05) is 6.07 Å². The van der Waals surface area contributed by atoms with Gasteiger partial charge in [0.2, 0.25) is 0 Å². The zero-order valence-electron chi connectivity index (χ0n) is 12.6. The summed E-state index contributed by atoms with van der Waals surface area (Å²) in [5.41, 5.74) is 0.966. The molecule has 2 amide bonds. The van der Waals surface area contributed by atoms with Crippen LogP contribution in [0.4, 0.5) is 4.79 Å². The van der Waals surface area contributed by atoms with E-state index in [4.69, 9.17) is 9.47 Å². The predicted octanol–water partition coefficient (Wildman–Crippen LogP) is 1.25. The second kappa shape index (κ2) is 7.73. The molecule has 1 aliphatic rings. The van der Waals surface area contributed by atoms with Crippen molar-refractivity contribution >= 4 is 6.03 Å².